The zero-order valence-corrected chi connectivity index (χ0v) is 13.0. The van der Waals surface area contributed by atoms with Gasteiger partial charge in [-0.2, -0.15) is 0 Å². The lowest BCUT2D eigenvalue weighted by Gasteiger charge is -2.36. The first-order chi connectivity index (χ1) is 8.65. The largest absolute Gasteiger partial charge is 0.300 e. The summed E-state index contributed by atoms with van der Waals surface area (Å²) < 4.78 is 1.16. The van der Waals surface area contributed by atoms with Gasteiger partial charge in [-0.05, 0) is 38.0 Å². The van der Waals surface area contributed by atoms with Crippen LogP contribution < -0.4 is 0 Å². The Labute approximate surface area is 119 Å². The molecule has 0 unspecified atom stereocenters. The van der Waals surface area contributed by atoms with Crippen LogP contribution in [0.25, 0.3) is 0 Å². The molecule has 2 nitrogen and oxygen atoms in total. The van der Waals surface area contributed by atoms with E-state index in [0.29, 0.717) is 6.04 Å². The quantitative estimate of drug-likeness (QED) is 0.843. The molecule has 1 heterocycles. The summed E-state index contributed by atoms with van der Waals surface area (Å²) in [4.78, 5) is 5.15. The van der Waals surface area contributed by atoms with Crippen molar-refractivity contribution < 1.29 is 0 Å². The fourth-order valence-electron chi connectivity index (χ4n) is 2.44. The van der Waals surface area contributed by atoms with Gasteiger partial charge in [-0.3, -0.25) is 4.90 Å². The Kier molecular flexibility index (Phi) is 5.22. The van der Waals surface area contributed by atoms with E-state index in [1.165, 1.54) is 38.3 Å². The second kappa shape index (κ2) is 6.69. The minimum Gasteiger partial charge on any atom is -0.300 e. The third kappa shape index (κ3) is 4.08. The summed E-state index contributed by atoms with van der Waals surface area (Å²) in [6.07, 6.45) is 1.16. The van der Waals surface area contributed by atoms with Gasteiger partial charge >= 0.3 is 0 Å². The molecule has 0 spiro atoms. The Bertz CT molecular complexity index is 353. The number of halogens is 1. The van der Waals surface area contributed by atoms with Gasteiger partial charge in [0, 0.05) is 43.2 Å². The first-order valence-corrected chi connectivity index (χ1v) is 7.65. The SMILES string of the molecule is CC(C)N1CCN(CCc2ccc(Br)cc2)CC1. The lowest BCUT2D eigenvalue weighted by Crippen LogP contribution is -2.49. The van der Waals surface area contributed by atoms with Crippen LogP contribution in [-0.4, -0.2) is 48.6 Å². The first-order valence-electron chi connectivity index (χ1n) is 6.86. The van der Waals surface area contributed by atoms with Crippen LogP contribution in [0.4, 0.5) is 0 Å². The van der Waals surface area contributed by atoms with Crippen LogP contribution in [0.3, 0.4) is 0 Å². The van der Waals surface area contributed by atoms with Gasteiger partial charge in [0.2, 0.25) is 0 Å². The maximum Gasteiger partial charge on any atom is 0.0175 e. The zero-order chi connectivity index (χ0) is 13.0. The van der Waals surface area contributed by atoms with Gasteiger partial charge in [-0.25, -0.2) is 0 Å². The Balaban J connectivity index is 1.74. The van der Waals surface area contributed by atoms with Crippen LogP contribution in [0.5, 0.6) is 0 Å². The lowest BCUT2D eigenvalue weighted by atomic mass is 10.1. The molecule has 0 atom stereocenters. The topological polar surface area (TPSA) is 6.48 Å². The van der Waals surface area contributed by atoms with Crippen LogP contribution in [0.1, 0.15) is 19.4 Å². The number of hydrogen-bond donors (Lipinski definition) is 0. The zero-order valence-electron chi connectivity index (χ0n) is 11.4. The van der Waals surface area contributed by atoms with E-state index in [0.717, 1.165) is 10.9 Å². The molecule has 0 aromatic heterocycles. The minimum atomic E-state index is 0.693. The molecular weight excluding hydrogens is 288 g/mol. The predicted octanol–water partition coefficient (Wildman–Crippen LogP) is 3.02. The minimum absolute atomic E-state index is 0.693. The molecule has 0 amide bonds. The molecule has 18 heavy (non-hydrogen) atoms. The van der Waals surface area contributed by atoms with Crippen molar-refractivity contribution in [3.05, 3.63) is 34.3 Å². The van der Waals surface area contributed by atoms with E-state index in [9.17, 15) is 0 Å². The van der Waals surface area contributed by atoms with Crippen molar-refractivity contribution >= 4 is 15.9 Å². The van der Waals surface area contributed by atoms with Crippen molar-refractivity contribution in [1.29, 1.82) is 0 Å². The summed E-state index contributed by atoms with van der Waals surface area (Å²) in [6.45, 7) is 10.6. The second-order valence-electron chi connectivity index (χ2n) is 5.35. The Morgan fingerprint density at radius 2 is 1.67 bits per heavy atom. The fourth-order valence-corrected chi connectivity index (χ4v) is 2.71. The average Bonchev–Trinajstić information content (AvgIpc) is 2.38. The fraction of sp³-hybridized carbons (Fsp3) is 0.600. The highest BCUT2D eigenvalue weighted by Gasteiger charge is 2.18. The van der Waals surface area contributed by atoms with Crippen LogP contribution in [0, 0.1) is 0 Å². The molecule has 0 saturated carbocycles. The van der Waals surface area contributed by atoms with Gasteiger partial charge in [-0.1, -0.05) is 28.1 Å². The van der Waals surface area contributed by atoms with Crippen molar-refractivity contribution in [3.8, 4) is 0 Å². The summed E-state index contributed by atoms with van der Waals surface area (Å²) in [5.74, 6) is 0. The van der Waals surface area contributed by atoms with Crippen LogP contribution in [0.15, 0.2) is 28.7 Å². The number of piperazine rings is 1. The smallest absolute Gasteiger partial charge is 0.0175 e. The Morgan fingerprint density at radius 1 is 1.06 bits per heavy atom. The molecule has 1 aromatic carbocycles. The summed E-state index contributed by atoms with van der Waals surface area (Å²) in [5.41, 5.74) is 1.43. The van der Waals surface area contributed by atoms with E-state index in [2.05, 4.69) is 63.8 Å². The molecule has 3 heteroatoms. The van der Waals surface area contributed by atoms with E-state index >= 15 is 0 Å². The maximum absolute atomic E-state index is 3.48. The summed E-state index contributed by atoms with van der Waals surface area (Å²) in [6, 6.07) is 9.39. The molecule has 1 aromatic rings. The molecular formula is C15H23BrN2. The highest BCUT2D eigenvalue weighted by molar-refractivity contribution is 9.10. The maximum atomic E-state index is 3.48. The van der Waals surface area contributed by atoms with Crippen molar-refractivity contribution in [2.45, 2.75) is 26.3 Å². The number of benzene rings is 1. The van der Waals surface area contributed by atoms with E-state index in [4.69, 9.17) is 0 Å². The summed E-state index contributed by atoms with van der Waals surface area (Å²) in [7, 11) is 0. The number of nitrogens with zero attached hydrogens (tertiary/aromatic N) is 2. The van der Waals surface area contributed by atoms with Gasteiger partial charge in [0.15, 0.2) is 0 Å². The van der Waals surface area contributed by atoms with Gasteiger partial charge in [-0.15, -0.1) is 0 Å². The standard InChI is InChI=1S/C15H23BrN2/c1-13(2)18-11-9-17(10-12-18)8-7-14-3-5-15(16)6-4-14/h3-6,13H,7-12H2,1-2H3. The van der Waals surface area contributed by atoms with Crippen molar-refractivity contribution in [2.75, 3.05) is 32.7 Å². The normalized spacial score (nSPS) is 18.4. The highest BCUT2D eigenvalue weighted by Crippen LogP contribution is 2.12. The molecule has 1 aliphatic heterocycles. The van der Waals surface area contributed by atoms with E-state index in [1.54, 1.807) is 0 Å². The predicted molar refractivity (Wildman–Crippen MR) is 81.0 cm³/mol. The molecule has 1 aliphatic rings. The summed E-state index contributed by atoms with van der Waals surface area (Å²) >= 11 is 3.48. The lowest BCUT2D eigenvalue weighted by molar-refractivity contribution is 0.109. The van der Waals surface area contributed by atoms with Crippen molar-refractivity contribution in [1.82, 2.24) is 9.80 Å². The van der Waals surface area contributed by atoms with E-state index in [1.807, 2.05) is 0 Å². The second-order valence-corrected chi connectivity index (χ2v) is 6.26. The third-order valence-electron chi connectivity index (χ3n) is 3.77. The van der Waals surface area contributed by atoms with Crippen LogP contribution in [-0.2, 0) is 6.42 Å². The molecule has 0 N–H and O–H groups in total. The summed E-state index contributed by atoms with van der Waals surface area (Å²) in [5, 5.41) is 0. The first kappa shape index (κ1) is 14.0. The average molecular weight is 311 g/mol. The van der Waals surface area contributed by atoms with Crippen LogP contribution in [0.2, 0.25) is 0 Å². The number of hydrogen-bond acceptors (Lipinski definition) is 2. The highest BCUT2D eigenvalue weighted by atomic mass is 79.9. The van der Waals surface area contributed by atoms with Crippen LogP contribution >= 0.6 is 15.9 Å². The van der Waals surface area contributed by atoms with Gasteiger partial charge < -0.3 is 4.90 Å². The molecule has 0 radical (unpaired) electrons. The molecule has 1 fully saturated rings. The molecule has 1 saturated heterocycles. The molecule has 0 aliphatic carbocycles. The van der Waals surface area contributed by atoms with E-state index in [-0.39, 0.29) is 0 Å². The Morgan fingerprint density at radius 3 is 2.22 bits per heavy atom. The monoisotopic (exact) mass is 310 g/mol. The van der Waals surface area contributed by atoms with Gasteiger partial charge in [0.1, 0.15) is 0 Å². The molecule has 2 rings (SSSR count). The van der Waals surface area contributed by atoms with E-state index < -0.39 is 0 Å². The Hall–Kier alpha value is -0.380. The number of rotatable bonds is 4. The van der Waals surface area contributed by atoms with Gasteiger partial charge in [0.05, 0.1) is 0 Å². The van der Waals surface area contributed by atoms with Crippen molar-refractivity contribution in [3.63, 3.8) is 0 Å². The molecule has 0 bridgehead atoms. The van der Waals surface area contributed by atoms with Gasteiger partial charge in [0.25, 0.3) is 0 Å². The third-order valence-corrected chi connectivity index (χ3v) is 4.30. The molecule has 100 valence electrons. The van der Waals surface area contributed by atoms with Crippen molar-refractivity contribution in [2.24, 2.45) is 0 Å².